The van der Waals surface area contributed by atoms with Crippen LogP contribution in [0.3, 0.4) is 0 Å². The quantitative estimate of drug-likeness (QED) is 0.742. The summed E-state index contributed by atoms with van der Waals surface area (Å²) < 4.78 is 0. The van der Waals surface area contributed by atoms with Gasteiger partial charge >= 0.3 is 0 Å². The lowest BCUT2D eigenvalue weighted by Gasteiger charge is -2.23. The Morgan fingerprint density at radius 3 is 2.47 bits per heavy atom. The van der Waals surface area contributed by atoms with Crippen LogP contribution in [0.25, 0.3) is 0 Å². The maximum Gasteiger partial charge on any atom is 0.00719 e. The first kappa shape index (κ1) is 12.6. The van der Waals surface area contributed by atoms with Crippen molar-refractivity contribution in [2.45, 2.75) is 25.2 Å². The number of nitrogens with one attached hydrogen (secondary N) is 1. The maximum absolute atomic E-state index is 3.25. The molecule has 0 bridgehead atoms. The molecule has 0 aliphatic rings. The fraction of sp³-hybridized carbons (Fsp3) is 0.538. The lowest BCUT2D eigenvalue weighted by Crippen LogP contribution is -2.27. The van der Waals surface area contributed by atoms with Crippen molar-refractivity contribution >= 4 is 11.8 Å². The molecule has 0 aliphatic heterocycles. The van der Waals surface area contributed by atoms with E-state index in [1.54, 1.807) is 0 Å². The molecule has 0 unspecified atom stereocenters. The molecule has 1 rings (SSSR count). The second-order valence-corrected chi connectivity index (χ2v) is 5.77. The van der Waals surface area contributed by atoms with Gasteiger partial charge in [-0.15, -0.1) is 11.8 Å². The predicted molar refractivity (Wildman–Crippen MR) is 69.5 cm³/mol. The van der Waals surface area contributed by atoms with Gasteiger partial charge in [-0.2, -0.15) is 0 Å². The molecule has 1 N–H and O–H groups in total. The van der Waals surface area contributed by atoms with Crippen molar-refractivity contribution < 1.29 is 0 Å². The summed E-state index contributed by atoms with van der Waals surface area (Å²) >= 11 is 1.95. The van der Waals surface area contributed by atoms with E-state index in [4.69, 9.17) is 0 Å². The van der Waals surface area contributed by atoms with Crippen LogP contribution in [0.15, 0.2) is 35.2 Å². The van der Waals surface area contributed by atoms with Crippen LogP contribution in [0.5, 0.6) is 0 Å². The molecule has 0 saturated heterocycles. The first-order valence-corrected chi connectivity index (χ1v) is 6.45. The summed E-state index contributed by atoms with van der Waals surface area (Å²) in [5, 5.41) is 3.25. The van der Waals surface area contributed by atoms with Gasteiger partial charge in [0.15, 0.2) is 0 Å². The molecule has 0 spiro atoms. The Morgan fingerprint density at radius 2 is 1.87 bits per heavy atom. The minimum absolute atomic E-state index is 0.399. The Hall–Kier alpha value is -0.470. The van der Waals surface area contributed by atoms with E-state index >= 15 is 0 Å². The first-order chi connectivity index (χ1) is 7.14. The second kappa shape index (κ2) is 6.19. The van der Waals surface area contributed by atoms with Crippen molar-refractivity contribution in [3.8, 4) is 0 Å². The molecular formula is C13H21NS. The highest BCUT2D eigenvalue weighted by Crippen LogP contribution is 2.25. The normalized spacial score (nSPS) is 11.7. The number of benzene rings is 1. The van der Waals surface area contributed by atoms with Gasteiger partial charge in [0.2, 0.25) is 0 Å². The molecule has 1 aromatic rings. The minimum Gasteiger partial charge on any atom is -0.319 e. The second-order valence-electron chi connectivity index (χ2n) is 4.61. The minimum atomic E-state index is 0.399. The van der Waals surface area contributed by atoms with Crippen molar-refractivity contribution in [3.63, 3.8) is 0 Å². The summed E-state index contributed by atoms with van der Waals surface area (Å²) in [5.74, 6) is 1.19. The lowest BCUT2D eigenvalue weighted by atomic mass is 9.90. The van der Waals surface area contributed by atoms with Crippen molar-refractivity contribution in [1.29, 1.82) is 0 Å². The topological polar surface area (TPSA) is 12.0 Å². The molecule has 84 valence electrons. The van der Waals surface area contributed by atoms with Crippen molar-refractivity contribution in [2.75, 3.05) is 19.3 Å². The zero-order valence-corrected chi connectivity index (χ0v) is 10.7. The molecule has 0 atom stereocenters. The number of hydrogen-bond acceptors (Lipinski definition) is 2. The van der Waals surface area contributed by atoms with E-state index in [1.807, 2.05) is 18.8 Å². The molecule has 1 aromatic carbocycles. The summed E-state index contributed by atoms with van der Waals surface area (Å²) in [4.78, 5) is 1.37. The SMILES string of the molecule is CNCC(C)(C)CCSc1ccccc1. The zero-order chi connectivity index (χ0) is 11.1. The van der Waals surface area contributed by atoms with Crippen LogP contribution in [0, 0.1) is 5.41 Å². The third kappa shape index (κ3) is 5.24. The smallest absolute Gasteiger partial charge is 0.00719 e. The molecule has 0 aromatic heterocycles. The number of hydrogen-bond donors (Lipinski definition) is 1. The van der Waals surface area contributed by atoms with E-state index < -0.39 is 0 Å². The van der Waals surface area contributed by atoms with Crippen LogP contribution in [0.2, 0.25) is 0 Å². The first-order valence-electron chi connectivity index (χ1n) is 5.46. The highest BCUT2D eigenvalue weighted by Gasteiger charge is 2.15. The van der Waals surface area contributed by atoms with Gasteiger partial charge in [0.25, 0.3) is 0 Å². The van der Waals surface area contributed by atoms with Crippen LogP contribution in [0.1, 0.15) is 20.3 Å². The predicted octanol–water partition coefficient (Wildman–Crippen LogP) is 3.41. The van der Waals surface area contributed by atoms with E-state index in [0.717, 1.165) is 6.54 Å². The van der Waals surface area contributed by atoms with Crippen molar-refractivity contribution in [1.82, 2.24) is 5.32 Å². The lowest BCUT2D eigenvalue weighted by molar-refractivity contribution is 0.342. The third-order valence-corrected chi connectivity index (χ3v) is 3.46. The highest BCUT2D eigenvalue weighted by atomic mass is 32.2. The molecule has 0 amide bonds. The Balaban J connectivity index is 2.27. The summed E-state index contributed by atoms with van der Waals surface area (Å²) in [6.07, 6.45) is 1.24. The molecule has 0 aliphatic carbocycles. The van der Waals surface area contributed by atoms with Gasteiger partial charge in [-0.25, -0.2) is 0 Å². The fourth-order valence-electron chi connectivity index (χ4n) is 1.53. The number of thioether (sulfide) groups is 1. The largest absolute Gasteiger partial charge is 0.319 e. The molecule has 0 heterocycles. The van der Waals surface area contributed by atoms with Crippen LogP contribution in [0.4, 0.5) is 0 Å². The Labute approximate surface area is 97.7 Å². The Morgan fingerprint density at radius 1 is 1.20 bits per heavy atom. The third-order valence-electron chi connectivity index (χ3n) is 2.45. The maximum atomic E-state index is 3.25. The van der Waals surface area contributed by atoms with Gasteiger partial charge in [0, 0.05) is 4.90 Å². The molecule has 0 radical (unpaired) electrons. The van der Waals surface area contributed by atoms with E-state index in [1.165, 1.54) is 17.1 Å². The standard InChI is InChI=1S/C13H21NS/c1-13(2,11-14-3)9-10-15-12-7-5-4-6-8-12/h4-8,14H,9-11H2,1-3H3. The van der Waals surface area contributed by atoms with E-state index in [0.29, 0.717) is 5.41 Å². The molecule has 0 fully saturated rings. The Bertz CT molecular complexity index is 269. The monoisotopic (exact) mass is 223 g/mol. The molecule has 2 heteroatoms. The van der Waals surface area contributed by atoms with Crippen LogP contribution in [-0.4, -0.2) is 19.3 Å². The van der Waals surface area contributed by atoms with E-state index in [9.17, 15) is 0 Å². The average Bonchev–Trinajstić information content (AvgIpc) is 2.19. The van der Waals surface area contributed by atoms with Gasteiger partial charge in [-0.1, -0.05) is 32.0 Å². The van der Waals surface area contributed by atoms with Crippen molar-refractivity contribution in [2.24, 2.45) is 5.41 Å². The van der Waals surface area contributed by atoms with Gasteiger partial charge in [-0.3, -0.25) is 0 Å². The summed E-state index contributed by atoms with van der Waals surface area (Å²) in [6, 6.07) is 10.6. The van der Waals surface area contributed by atoms with Crippen LogP contribution >= 0.6 is 11.8 Å². The van der Waals surface area contributed by atoms with Crippen LogP contribution < -0.4 is 5.32 Å². The average molecular weight is 223 g/mol. The van der Waals surface area contributed by atoms with E-state index in [-0.39, 0.29) is 0 Å². The summed E-state index contributed by atoms with van der Waals surface area (Å²) in [6.45, 7) is 5.71. The molecular weight excluding hydrogens is 202 g/mol. The molecule has 15 heavy (non-hydrogen) atoms. The zero-order valence-electron chi connectivity index (χ0n) is 9.92. The fourth-order valence-corrected chi connectivity index (χ4v) is 2.77. The molecule has 1 nitrogen and oxygen atoms in total. The van der Waals surface area contributed by atoms with Gasteiger partial charge in [-0.05, 0) is 43.3 Å². The summed E-state index contributed by atoms with van der Waals surface area (Å²) in [5.41, 5.74) is 0.399. The van der Waals surface area contributed by atoms with E-state index in [2.05, 4.69) is 49.5 Å². The van der Waals surface area contributed by atoms with Crippen molar-refractivity contribution in [3.05, 3.63) is 30.3 Å². The Kier molecular flexibility index (Phi) is 5.20. The summed E-state index contributed by atoms with van der Waals surface area (Å²) in [7, 11) is 2.02. The van der Waals surface area contributed by atoms with Crippen LogP contribution in [-0.2, 0) is 0 Å². The molecule has 0 saturated carbocycles. The highest BCUT2D eigenvalue weighted by molar-refractivity contribution is 7.99. The van der Waals surface area contributed by atoms with Gasteiger partial charge in [0.1, 0.15) is 0 Å². The number of rotatable bonds is 6. The van der Waals surface area contributed by atoms with Gasteiger partial charge in [0.05, 0.1) is 0 Å². The van der Waals surface area contributed by atoms with Gasteiger partial charge < -0.3 is 5.32 Å².